The van der Waals surface area contributed by atoms with Crippen LogP contribution in [0.5, 0.6) is 5.75 Å². The Morgan fingerprint density at radius 1 is 1.04 bits per heavy atom. The average Bonchev–Trinajstić information content (AvgIpc) is 2.75. The van der Waals surface area contributed by atoms with E-state index < -0.39 is 0 Å². The van der Waals surface area contributed by atoms with Crippen molar-refractivity contribution in [3.8, 4) is 5.75 Å². The molecule has 0 unspecified atom stereocenters. The van der Waals surface area contributed by atoms with E-state index in [1.54, 1.807) is 13.3 Å². The number of pyridine rings is 1. The van der Waals surface area contributed by atoms with Gasteiger partial charge in [-0.3, -0.25) is 4.98 Å². The van der Waals surface area contributed by atoms with Gasteiger partial charge in [-0.15, -0.1) is 0 Å². The zero-order chi connectivity index (χ0) is 19.6. The molecule has 3 N–H and O–H groups in total. The summed E-state index contributed by atoms with van der Waals surface area (Å²) in [7, 11) is 1.66. The SMILES string of the molecule is COc1ccc2nc(/C=C/c3ccccn3)nc(NCCCCCCN)c2c1. The van der Waals surface area contributed by atoms with Crippen molar-refractivity contribution < 1.29 is 4.74 Å². The summed E-state index contributed by atoms with van der Waals surface area (Å²) < 4.78 is 5.37. The van der Waals surface area contributed by atoms with Gasteiger partial charge >= 0.3 is 0 Å². The minimum atomic E-state index is 0.647. The van der Waals surface area contributed by atoms with Crippen LogP contribution in [0.4, 0.5) is 5.82 Å². The highest BCUT2D eigenvalue weighted by Gasteiger charge is 2.08. The summed E-state index contributed by atoms with van der Waals surface area (Å²) in [6.07, 6.45) is 10.0. The Morgan fingerprint density at radius 3 is 2.71 bits per heavy atom. The normalized spacial score (nSPS) is 11.2. The molecule has 2 aromatic heterocycles. The maximum absolute atomic E-state index is 5.56. The maximum atomic E-state index is 5.56. The van der Waals surface area contributed by atoms with Gasteiger partial charge < -0.3 is 15.8 Å². The molecule has 0 saturated heterocycles. The zero-order valence-electron chi connectivity index (χ0n) is 16.3. The van der Waals surface area contributed by atoms with Crippen molar-refractivity contribution in [2.24, 2.45) is 5.73 Å². The van der Waals surface area contributed by atoms with E-state index in [1.807, 2.05) is 48.6 Å². The molecule has 3 rings (SSSR count). The number of unbranched alkanes of at least 4 members (excludes halogenated alkanes) is 3. The fourth-order valence-corrected chi connectivity index (χ4v) is 2.93. The van der Waals surface area contributed by atoms with Gasteiger partial charge in [0, 0.05) is 18.1 Å². The highest BCUT2D eigenvalue weighted by molar-refractivity contribution is 5.91. The van der Waals surface area contributed by atoms with Gasteiger partial charge in [-0.25, -0.2) is 9.97 Å². The van der Waals surface area contributed by atoms with E-state index in [-0.39, 0.29) is 0 Å². The van der Waals surface area contributed by atoms with Gasteiger partial charge in [0.15, 0.2) is 5.82 Å². The molecular formula is C22H27N5O. The molecule has 0 radical (unpaired) electrons. The van der Waals surface area contributed by atoms with Crippen molar-refractivity contribution in [3.05, 3.63) is 54.1 Å². The van der Waals surface area contributed by atoms with E-state index in [4.69, 9.17) is 15.5 Å². The molecule has 0 amide bonds. The Kier molecular flexibility index (Phi) is 7.32. The molecule has 2 heterocycles. The largest absolute Gasteiger partial charge is 0.497 e. The van der Waals surface area contributed by atoms with E-state index in [1.165, 1.54) is 0 Å². The predicted octanol–water partition coefficient (Wildman–Crippen LogP) is 4.13. The summed E-state index contributed by atoms with van der Waals surface area (Å²) in [5.41, 5.74) is 7.30. The minimum Gasteiger partial charge on any atom is -0.497 e. The molecule has 0 fully saturated rings. The van der Waals surface area contributed by atoms with Crippen LogP contribution in [0.1, 0.15) is 37.2 Å². The van der Waals surface area contributed by atoms with E-state index in [9.17, 15) is 0 Å². The number of rotatable bonds is 10. The molecule has 0 aliphatic rings. The number of fused-ring (bicyclic) bond motifs is 1. The third-order valence-electron chi connectivity index (χ3n) is 4.43. The Hall–Kier alpha value is -2.99. The monoisotopic (exact) mass is 377 g/mol. The fraction of sp³-hybridized carbons (Fsp3) is 0.318. The first kappa shape index (κ1) is 19.8. The Morgan fingerprint density at radius 2 is 1.93 bits per heavy atom. The molecule has 6 heteroatoms. The molecule has 6 nitrogen and oxygen atoms in total. The third-order valence-corrected chi connectivity index (χ3v) is 4.43. The van der Waals surface area contributed by atoms with Gasteiger partial charge in [0.05, 0.1) is 18.3 Å². The van der Waals surface area contributed by atoms with Crippen LogP contribution < -0.4 is 15.8 Å². The van der Waals surface area contributed by atoms with Gasteiger partial charge in [-0.05, 0) is 61.9 Å². The first-order valence-corrected chi connectivity index (χ1v) is 9.69. The maximum Gasteiger partial charge on any atom is 0.155 e. The summed E-state index contributed by atoms with van der Waals surface area (Å²) in [6.45, 7) is 1.62. The average molecular weight is 377 g/mol. The quantitative estimate of drug-likeness (QED) is 0.517. The van der Waals surface area contributed by atoms with Crippen LogP contribution in [-0.2, 0) is 0 Å². The van der Waals surface area contributed by atoms with Crippen LogP contribution in [0.25, 0.3) is 23.1 Å². The second-order valence-electron chi connectivity index (χ2n) is 6.53. The number of nitrogens with one attached hydrogen (secondary N) is 1. The lowest BCUT2D eigenvalue weighted by molar-refractivity contribution is 0.415. The fourth-order valence-electron chi connectivity index (χ4n) is 2.93. The summed E-state index contributed by atoms with van der Waals surface area (Å²) >= 11 is 0. The summed E-state index contributed by atoms with van der Waals surface area (Å²) in [6, 6.07) is 11.6. The number of nitrogens with zero attached hydrogens (tertiary/aromatic N) is 3. The highest BCUT2D eigenvalue weighted by atomic mass is 16.5. The van der Waals surface area contributed by atoms with E-state index in [2.05, 4.69) is 15.3 Å². The van der Waals surface area contributed by atoms with Gasteiger partial charge in [-0.2, -0.15) is 0 Å². The molecule has 0 saturated carbocycles. The standard InChI is InChI=1S/C22H27N5O/c1-28-18-10-11-20-19(16-18)22(25-15-6-3-2-5-13-23)27-21(26-20)12-9-17-8-4-7-14-24-17/h4,7-12,14,16H,2-3,5-6,13,15,23H2,1H3,(H,25,26,27)/b12-9+. The number of benzene rings is 1. The summed E-state index contributed by atoms with van der Waals surface area (Å²) in [5, 5.41) is 4.42. The molecule has 0 aliphatic carbocycles. The van der Waals surface area contributed by atoms with Crippen molar-refractivity contribution in [2.45, 2.75) is 25.7 Å². The number of ether oxygens (including phenoxy) is 1. The molecule has 0 bridgehead atoms. The molecule has 3 aromatic rings. The van der Waals surface area contributed by atoms with E-state index >= 15 is 0 Å². The third kappa shape index (κ3) is 5.50. The summed E-state index contributed by atoms with van der Waals surface area (Å²) in [5.74, 6) is 2.26. The molecule has 0 aliphatic heterocycles. The molecular weight excluding hydrogens is 350 g/mol. The first-order chi connectivity index (χ1) is 13.8. The zero-order valence-corrected chi connectivity index (χ0v) is 16.3. The molecule has 1 aromatic carbocycles. The van der Waals surface area contributed by atoms with Crippen molar-refractivity contribution in [2.75, 3.05) is 25.5 Å². The van der Waals surface area contributed by atoms with Crippen LogP contribution in [0.15, 0.2) is 42.6 Å². The number of methoxy groups -OCH3 is 1. The van der Waals surface area contributed by atoms with Crippen molar-refractivity contribution in [1.82, 2.24) is 15.0 Å². The van der Waals surface area contributed by atoms with Gasteiger partial charge in [0.25, 0.3) is 0 Å². The van der Waals surface area contributed by atoms with Gasteiger partial charge in [-0.1, -0.05) is 18.9 Å². The first-order valence-electron chi connectivity index (χ1n) is 9.69. The number of hydrogen-bond acceptors (Lipinski definition) is 6. The molecule has 28 heavy (non-hydrogen) atoms. The second-order valence-corrected chi connectivity index (χ2v) is 6.53. The van der Waals surface area contributed by atoms with E-state index in [0.29, 0.717) is 5.82 Å². The molecule has 0 atom stereocenters. The topological polar surface area (TPSA) is 86.0 Å². The number of aromatic nitrogens is 3. The van der Waals surface area contributed by atoms with Crippen LogP contribution in [0.3, 0.4) is 0 Å². The number of anilines is 1. The van der Waals surface area contributed by atoms with E-state index in [0.717, 1.165) is 66.9 Å². The van der Waals surface area contributed by atoms with Crippen molar-refractivity contribution in [1.29, 1.82) is 0 Å². The van der Waals surface area contributed by atoms with Crippen LogP contribution in [-0.4, -0.2) is 35.2 Å². The number of nitrogens with two attached hydrogens (primary N) is 1. The molecule has 0 spiro atoms. The van der Waals surface area contributed by atoms with Gasteiger partial charge in [0.2, 0.25) is 0 Å². The Labute approximate surface area is 165 Å². The smallest absolute Gasteiger partial charge is 0.155 e. The minimum absolute atomic E-state index is 0.647. The van der Waals surface area contributed by atoms with Crippen LogP contribution in [0.2, 0.25) is 0 Å². The van der Waals surface area contributed by atoms with Crippen molar-refractivity contribution in [3.63, 3.8) is 0 Å². The van der Waals surface area contributed by atoms with Crippen molar-refractivity contribution >= 4 is 28.9 Å². The number of hydrogen-bond donors (Lipinski definition) is 2. The lowest BCUT2D eigenvalue weighted by Crippen LogP contribution is -2.06. The highest BCUT2D eigenvalue weighted by Crippen LogP contribution is 2.25. The Balaban J connectivity index is 1.81. The van der Waals surface area contributed by atoms with Crippen LogP contribution in [0, 0.1) is 0 Å². The predicted molar refractivity (Wildman–Crippen MR) is 115 cm³/mol. The summed E-state index contributed by atoms with van der Waals surface area (Å²) in [4.78, 5) is 13.7. The Bertz CT molecular complexity index is 911. The second kappa shape index (κ2) is 10.4. The lowest BCUT2D eigenvalue weighted by Gasteiger charge is -2.11. The molecule has 146 valence electrons. The van der Waals surface area contributed by atoms with Crippen LogP contribution >= 0.6 is 0 Å². The lowest BCUT2D eigenvalue weighted by atomic mass is 10.2. The van der Waals surface area contributed by atoms with Gasteiger partial charge in [0.1, 0.15) is 11.6 Å².